The van der Waals surface area contributed by atoms with Gasteiger partial charge in [0.15, 0.2) is 0 Å². The molecule has 1 atom stereocenters. The van der Waals surface area contributed by atoms with Gasteiger partial charge in [-0.15, -0.1) is 0 Å². The van der Waals surface area contributed by atoms with E-state index in [1.165, 1.54) is 6.92 Å². The van der Waals surface area contributed by atoms with Crippen LogP contribution in [0.25, 0.3) is 10.8 Å². The first kappa shape index (κ1) is 8.17. The van der Waals surface area contributed by atoms with Crippen LogP contribution in [0.15, 0.2) is 36.5 Å². The Morgan fingerprint density at radius 3 is 2.77 bits per heavy atom. The van der Waals surface area contributed by atoms with Gasteiger partial charge in [0.2, 0.25) is 0 Å². The van der Waals surface area contributed by atoms with Crippen molar-refractivity contribution in [2.45, 2.75) is 13.1 Å². The molecule has 0 unspecified atom stereocenters. The van der Waals surface area contributed by atoms with Gasteiger partial charge in [0.1, 0.15) is 6.17 Å². The molecule has 0 spiro atoms. The molecule has 66 valence electrons. The molecule has 0 aliphatic carbocycles. The van der Waals surface area contributed by atoms with E-state index in [-0.39, 0.29) is 0 Å². The number of fused-ring (bicyclic) bond motifs is 1. The Morgan fingerprint density at radius 1 is 1.23 bits per heavy atom. The number of pyridine rings is 1. The molecule has 0 saturated carbocycles. The molecule has 0 N–H and O–H groups in total. The summed E-state index contributed by atoms with van der Waals surface area (Å²) in [7, 11) is 0. The van der Waals surface area contributed by atoms with Crippen molar-refractivity contribution in [1.82, 2.24) is 4.98 Å². The predicted molar refractivity (Wildman–Crippen MR) is 51.3 cm³/mol. The second-order valence-electron chi connectivity index (χ2n) is 3.03. The molecular weight excluding hydrogens is 165 g/mol. The molecule has 1 aromatic carbocycles. The smallest absolute Gasteiger partial charge is 0.140 e. The minimum atomic E-state index is -1.01. The van der Waals surface area contributed by atoms with E-state index in [0.29, 0.717) is 5.69 Å². The van der Waals surface area contributed by atoms with Gasteiger partial charge in [0, 0.05) is 11.6 Å². The van der Waals surface area contributed by atoms with Gasteiger partial charge < -0.3 is 0 Å². The first-order chi connectivity index (χ1) is 6.29. The molecule has 2 rings (SSSR count). The lowest BCUT2D eigenvalue weighted by Crippen LogP contribution is -1.91. The zero-order chi connectivity index (χ0) is 9.26. The van der Waals surface area contributed by atoms with Gasteiger partial charge in [-0.2, -0.15) is 0 Å². The Hall–Kier alpha value is -1.44. The average Bonchev–Trinajstić information content (AvgIpc) is 2.17. The van der Waals surface area contributed by atoms with Crippen LogP contribution >= 0.6 is 0 Å². The normalized spacial score (nSPS) is 13.1. The van der Waals surface area contributed by atoms with Crippen molar-refractivity contribution in [2.75, 3.05) is 0 Å². The Morgan fingerprint density at radius 2 is 2.00 bits per heavy atom. The van der Waals surface area contributed by atoms with Gasteiger partial charge in [-0.05, 0) is 18.4 Å². The first-order valence-corrected chi connectivity index (χ1v) is 4.27. The number of hydrogen-bond acceptors (Lipinski definition) is 1. The first-order valence-electron chi connectivity index (χ1n) is 4.27. The van der Waals surface area contributed by atoms with Crippen LogP contribution in [-0.2, 0) is 0 Å². The minimum absolute atomic E-state index is 0.526. The minimum Gasteiger partial charge on any atom is -0.258 e. The molecule has 0 aliphatic rings. The summed E-state index contributed by atoms with van der Waals surface area (Å²) in [5.74, 6) is 0. The van der Waals surface area contributed by atoms with Crippen molar-refractivity contribution in [3.8, 4) is 0 Å². The van der Waals surface area contributed by atoms with Crippen molar-refractivity contribution in [1.29, 1.82) is 0 Å². The maximum Gasteiger partial charge on any atom is 0.140 e. The van der Waals surface area contributed by atoms with Gasteiger partial charge in [-0.1, -0.05) is 24.3 Å². The maximum atomic E-state index is 13.1. The van der Waals surface area contributed by atoms with Crippen LogP contribution in [0.1, 0.15) is 18.8 Å². The highest BCUT2D eigenvalue weighted by Crippen LogP contribution is 2.23. The van der Waals surface area contributed by atoms with Gasteiger partial charge in [0.05, 0.1) is 5.69 Å². The van der Waals surface area contributed by atoms with Crippen LogP contribution in [0.4, 0.5) is 4.39 Å². The van der Waals surface area contributed by atoms with E-state index >= 15 is 0 Å². The third-order valence-corrected chi connectivity index (χ3v) is 2.08. The second-order valence-corrected chi connectivity index (χ2v) is 3.03. The van der Waals surface area contributed by atoms with Crippen LogP contribution < -0.4 is 0 Å². The van der Waals surface area contributed by atoms with Crippen LogP contribution in [-0.4, -0.2) is 4.98 Å². The molecule has 0 bridgehead atoms. The quantitative estimate of drug-likeness (QED) is 0.648. The van der Waals surface area contributed by atoms with Crippen LogP contribution in [0, 0.1) is 0 Å². The molecule has 2 heteroatoms. The fourth-order valence-electron chi connectivity index (χ4n) is 1.46. The summed E-state index contributed by atoms with van der Waals surface area (Å²) >= 11 is 0. The maximum absolute atomic E-state index is 13.1. The highest BCUT2D eigenvalue weighted by Gasteiger charge is 2.07. The van der Waals surface area contributed by atoms with E-state index in [1.807, 2.05) is 30.3 Å². The van der Waals surface area contributed by atoms with Gasteiger partial charge in [0.25, 0.3) is 0 Å². The number of nitrogens with zero attached hydrogens (tertiary/aromatic N) is 1. The third-order valence-electron chi connectivity index (χ3n) is 2.08. The lowest BCUT2D eigenvalue weighted by atomic mass is 10.1. The fourth-order valence-corrected chi connectivity index (χ4v) is 1.46. The molecule has 0 saturated heterocycles. The number of benzene rings is 1. The summed E-state index contributed by atoms with van der Waals surface area (Å²) in [6.45, 7) is 1.51. The number of hydrogen-bond donors (Lipinski definition) is 0. The number of alkyl halides is 1. The topological polar surface area (TPSA) is 12.9 Å². The van der Waals surface area contributed by atoms with Crippen LogP contribution in [0.5, 0.6) is 0 Å². The Labute approximate surface area is 76.2 Å². The van der Waals surface area contributed by atoms with Crippen LogP contribution in [0.2, 0.25) is 0 Å². The zero-order valence-corrected chi connectivity index (χ0v) is 7.37. The highest BCUT2D eigenvalue weighted by atomic mass is 19.1. The third kappa shape index (κ3) is 1.39. The monoisotopic (exact) mass is 175 g/mol. The molecule has 0 fully saturated rings. The SMILES string of the molecule is C[C@@H](F)c1nccc2ccccc12. The summed E-state index contributed by atoms with van der Waals surface area (Å²) < 4.78 is 13.1. The molecule has 1 nitrogen and oxygen atoms in total. The van der Waals surface area contributed by atoms with E-state index in [2.05, 4.69) is 4.98 Å². The van der Waals surface area contributed by atoms with E-state index in [1.54, 1.807) is 6.20 Å². The summed E-state index contributed by atoms with van der Waals surface area (Å²) in [5, 5.41) is 1.94. The average molecular weight is 175 g/mol. The van der Waals surface area contributed by atoms with Gasteiger partial charge in [-0.3, -0.25) is 4.98 Å². The van der Waals surface area contributed by atoms with Crippen molar-refractivity contribution >= 4 is 10.8 Å². The molecule has 0 aliphatic heterocycles. The van der Waals surface area contributed by atoms with Crippen molar-refractivity contribution in [3.63, 3.8) is 0 Å². The fraction of sp³-hybridized carbons (Fsp3) is 0.182. The second kappa shape index (κ2) is 3.13. The molecule has 1 heterocycles. The Balaban J connectivity index is 2.76. The van der Waals surface area contributed by atoms with Crippen LogP contribution in [0.3, 0.4) is 0 Å². The van der Waals surface area contributed by atoms with Crippen molar-refractivity contribution < 1.29 is 4.39 Å². The predicted octanol–water partition coefficient (Wildman–Crippen LogP) is 3.27. The number of rotatable bonds is 1. The summed E-state index contributed by atoms with van der Waals surface area (Å²) in [6, 6.07) is 9.59. The molecule has 13 heavy (non-hydrogen) atoms. The zero-order valence-electron chi connectivity index (χ0n) is 7.37. The summed E-state index contributed by atoms with van der Waals surface area (Å²) in [5.41, 5.74) is 0.526. The largest absolute Gasteiger partial charge is 0.258 e. The Bertz CT molecular complexity index is 418. The molecule has 0 amide bonds. The highest BCUT2D eigenvalue weighted by molar-refractivity contribution is 5.84. The molecule has 0 radical (unpaired) electrons. The molecule has 2 aromatic rings. The number of aromatic nitrogens is 1. The standard InChI is InChI=1S/C11H10FN/c1-8(12)11-10-5-3-2-4-9(10)6-7-13-11/h2-8H,1H3/t8-/m1/s1. The lowest BCUT2D eigenvalue weighted by molar-refractivity contribution is 0.368. The van der Waals surface area contributed by atoms with Crippen molar-refractivity contribution in [2.24, 2.45) is 0 Å². The lowest BCUT2D eigenvalue weighted by Gasteiger charge is -2.05. The van der Waals surface area contributed by atoms with Gasteiger partial charge in [-0.25, -0.2) is 4.39 Å². The van der Waals surface area contributed by atoms with E-state index in [0.717, 1.165) is 10.8 Å². The Kier molecular flexibility index (Phi) is 1.97. The molecule has 1 aromatic heterocycles. The van der Waals surface area contributed by atoms with E-state index in [4.69, 9.17) is 0 Å². The summed E-state index contributed by atoms with van der Waals surface area (Å²) in [6.07, 6.45) is 0.638. The summed E-state index contributed by atoms with van der Waals surface area (Å²) in [4.78, 5) is 4.03. The van der Waals surface area contributed by atoms with Crippen molar-refractivity contribution in [3.05, 3.63) is 42.2 Å². The molecular formula is C11H10FN. The van der Waals surface area contributed by atoms with E-state index < -0.39 is 6.17 Å². The van der Waals surface area contributed by atoms with Gasteiger partial charge >= 0.3 is 0 Å². The van der Waals surface area contributed by atoms with E-state index in [9.17, 15) is 4.39 Å². The number of halogens is 1.